The predicted molar refractivity (Wildman–Crippen MR) is 151 cm³/mol. The Morgan fingerprint density at radius 3 is 2.21 bits per heavy atom. The second-order valence-corrected chi connectivity index (χ2v) is 13.5. The second kappa shape index (κ2) is 12.7. The maximum absolute atomic E-state index is 14.0. The lowest BCUT2D eigenvalue weighted by atomic mass is 9.81. The minimum absolute atomic E-state index is 0.00577. The van der Waals surface area contributed by atoms with Crippen LogP contribution in [0, 0.1) is 35.0 Å². The molecule has 0 aliphatic heterocycles. The quantitative estimate of drug-likeness (QED) is 0.330. The van der Waals surface area contributed by atoms with Crippen molar-refractivity contribution in [1.29, 1.82) is 0 Å². The highest BCUT2D eigenvalue weighted by Crippen LogP contribution is 2.39. The van der Waals surface area contributed by atoms with Crippen LogP contribution in [-0.4, -0.2) is 41.1 Å². The summed E-state index contributed by atoms with van der Waals surface area (Å²) in [6.45, 7) is 12.0. The van der Waals surface area contributed by atoms with E-state index in [-0.39, 0.29) is 46.2 Å². The first-order valence-electron chi connectivity index (χ1n) is 14.0. The van der Waals surface area contributed by atoms with Gasteiger partial charge in [-0.05, 0) is 90.0 Å². The first-order chi connectivity index (χ1) is 17.8. The Morgan fingerprint density at radius 2 is 1.68 bits per heavy atom. The van der Waals surface area contributed by atoms with E-state index >= 15 is 0 Å². The Balaban J connectivity index is 1.89. The Labute approximate surface area is 231 Å². The van der Waals surface area contributed by atoms with Gasteiger partial charge in [0.05, 0.1) is 10.6 Å². The molecule has 1 aromatic heterocycles. The maximum atomic E-state index is 14.0. The minimum Gasteiger partial charge on any atom is -0.477 e. The smallest absolute Gasteiger partial charge is 0.348 e. The van der Waals surface area contributed by atoms with Crippen LogP contribution in [0.5, 0.6) is 0 Å². The highest BCUT2D eigenvalue weighted by Gasteiger charge is 2.38. The zero-order valence-electron chi connectivity index (χ0n) is 23.7. The predicted octanol–water partition coefficient (Wildman–Crippen LogP) is 5.84. The third kappa shape index (κ3) is 7.83. The molecule has 7 nitrogen and oxygen atoms in total. The maximum Gasteiger partial charge on any atom is 0.348 e. The SMILES string of the molecule is CC1CCC(C(=O)N(c2cc(C#CC(C)(C)C)sc2C(=O)O)C2CCC(OC(=O)[C@H](N)C(C)C)CC2)CC1. The number of aromatic carboxylic acids is 1. The van der Waals surface area contributed by atoms with Crippen LogP contribution in [0.3, 0.4) is 0 Å². The molecule has 0 saturated heterocycles. The summed E-state index contributed by atoms with van der Waals surface area (Å²) < 4.78 is 5.69. The van der Waals surface area contributed by atoms with Gasteiger partial charge in [-0.1, -0.05) is 32.6 Å². The molecule has 1 aromatic rings. The van der Waals surface area contributed by atoms with E-state index in [0.717, 1.165) is 37.0 Å². The number of hydrogen-bond acceptors (Lipinski definition) is 6. The molecule has 0 aromatic carbocycles. The van der Waals surface area contributed by atoms with Crippen LogP contribution in [0.2, 0.25) is 0 Å². The summed E-state index contributed by atoms with van der Waals surface area (Å²) in [7, 11) is 0. The molecule has 8 heteroatoms. The van der Waals surface area contributed by atoms with E-state index in [1.54, 1.807) is 11.0 Å². The van der Waals surface area contributed by atoms with Gasteiger partial charge >= 0.3 is 11.9 Å². The summed E-state index contributed by atoms with van der Waals surface area (Å²) in [6.07, 6.45) is 5.86. The van der Waals surface area contributed by atoms with Crippen LogP contribution in [-0.2, 0) is 14.3 Å². The van der Waals surface area contributed by atoms with Crippen LogP contribution in [0.15, 0.2) is 6.07 Å². The number of carboxylic acid groups (broad SMARTS) is 1. The van der Waals surface area contributed by atoms with Crippen LogP contribution in [0.25, 0.3) is 0 Å². The third-order valence-corrected chi connectivity index (χ3v) is 8.64. The van der Waals surface area contributed by atoms with Crippen molar-refractivity contribution in [2.24, 2.45) is 28.9 Å². The van der Waals surface area contributed by atoms with Gasteiger partial charge in [-0.15, -0.1) is 11.3 Å². The molecule has 210 valence electrons. The number of amides is 1. The monoisotopic (exact) mass is 544 g/mol. The van der Waals surface area contributed by atoms with Crippen LogP contribution >= 0.6 is 11.3 Å². The second-order valence-electron chi connectivity index (χ2n) is 12.4. The van der Waals surface area contributed by atoms with Crippen molar-refractivity contribution >= 4 is 34.9 Å². The van der Waals surface area contributed by atoms with E-state index in [2.05, 4.69) is 18.8 Å². The Morgan fingerprint density at radius 1 is 1.08 bits per heavy atom. The number of hydrogen-bond donors (Lipinski definition) is 2. The van der Waals surface area contributed by atoms with E-state index < -0.39 is 12.0 Å². The minimum atomic E-state index is -1.05. The number of carbonyl (C=O) groups is 3. The zero-order valence-corrected chi connectivity index (χ0v) is 24.5. The lowest BCUT2D eigenvalue weighted by Crippen LogP contribution is -2.48. The molecular formula is C30H44N2O5S. The van der Waals surface area contributed by atoms with E-state index in [4.69, 9.17) is 10.5 Å². The van der Waals surface area contributed by atoms with Crippen molar-refractivity contribution in [3.63, 3.8) is 0 Å². The van der Waals surface area contributed by atoms with Crippen molar-refractivity contribution < 1.29 is 24.2 Å². The molecule has 3 N–H and O–H groups in total. The van der Waals surface area contributed by atoms with Crippen LogP contribution in [0.1, 0.15) is 107 Å². The Bertz CT molecular complexity index is 1060. The van der Waals surface area contributed by atoms with Gasteiger partial charge < -0.3 is 20.5 Å². The highest BCUT2D eigenvalue weighted by molar-refractivity contribution is 7.15. The van der Waals surface area contributed by atoms with Gasteiger partial charge in [-0.25, -0.2) is 4.79 Å². The van der Waals surface area contributed by atoms with Crippen molar-refractivity contribution in [3.05, 3.63) is 15.8 Å². The standard InChI is InChI=1S/C30H44N2O5S/c1-18(2)25(31)29(36)37-22-13-11-21(12-14-22)32(27(33)20-9-7-19(3)8-10-20)24-17-23(15-16-30(4,5)6)38-26(24)28(34)35/h17-22,25H,7-14,31H2,1-6H3,(H,34,35)/t19?,20?,21?,22?,25-/m1/s1. The Hall–Kier alpha value is -2.37. The van der Waals surface area contributed by atoms with E-state index in [0.29, 0.717) is 42.2 Å². The van der Waals surface area contributed by atoms with Crippen molar-refractivity contribution in [2.45, 2.75) is 111 Å². The molecule has 3 rings (SSSR count). The van der Waals surface area contributed by atoms with E-state index in [1.165, 1.54) is 0 Å². The lowest BCUT2D eigenvalue weighted by molar-refractivity contribution is -0.153. The molecule has 0 spiro atoms. The van der Waals surface area contributed by atoms with Gasteiger partial charge in [0, 0.05) is 17.4 Å². The average Bonchev–Trinajstić information content (AvgIpc) is 3.27. The molecule has 1 atom stereocenters. The number of ether oxygens (including phenoxy) is 1. The fourth-order valence-electron chi connectivity index (χ4n) is 5.16. The summed E-state index contributed by atoms with van der Waals surface area (Å²) in [4.78, 5) is 41.3. The van der Waals surface area contributed by atoms with Crippen molar-refractivity contribution in [2.75, 3.05) is 4.90 Å². The first kappa shape index (κ1) is 30.2. The molecule has 2 aliphatic carbocycles. The van der Waals surface area contributed by atoms with Gasteiger partial charge in [0.1, 0.15) is 17.0 Å². The summed E-state index contributed by atoms with van der Waals surface area (Å²) in [6, 6.07) is 0.965. The molecule has 2 saturated carbocycles. The fraction of sp³-hybridized carbons (Fsp3) is 0.700. The molecule has 0 radical (unpaired) electrons. The molecule has 1 heterocycles. The van der Waals surface area contributed by atoms with Crippen LogP contribution in [0.4, 0.5) is 5.69 Å². The van der Waals surface area contributed by atoms with Crippen LogP contribution < -0.4 is 10.6 Å². The normalized spacial score (nSPS) is 24.7. The largest absolute Gasteiger partial charge is 0.477 e. The lowest BCUT2D eigenvalue weighted by Gasteiger charge is -2.39. The molecule has 0 bridgehead atoms. The molecule has 0 unspecified atom stereocenters. The van der Waals surface area contributed by atoms with Gasteiger partial charge in [0.2, 0.25) is 5.91 Å². The van der Waals surface area contributed by atoms with Crippen molar-refractivity contribution in [3.8, 4) is 11.8 Å². The summed E-state index contributed by atoms with van der Waals surface area (Å²) in [5.74, 6) is 5.36. The number of nitrogens with two attached hydrogens (primary N) is 1. The number of thiophene rings is 1. The summed E-state index contributed by atoms with van der Waals surface area (Å²) in [5.41, 5.74) is 6.19. The van der Waals surface area contributed by atoms with E-state index in [9.17, 15) is 19.5 Å². The average molecular weight is 545 g/mol. The van der Waals surface area contributed by atoms with Gasteiger partial charge in [0.15, 0.2) is 0 Å². The van der Waals surface area contributed by atoms with Crippen molar-refractivity contribution in [1.82, 2.24) is 0 Å². The first-order valence-corrected chi connectivity index (χ1v) is 14.8. The molecular weight excluding hydrogens is 500 g/mol. The number of carboxylic acids is 1. The molecule has 2 aliphatic rings. The van der Waals surface area contributed by atoms with E-state index in [1.807, 2.05) is 34.6 Å². The topological polar surface area (TPSA) is 110 Å². The molecule has 38 heavy (non-hydrogen) atoms. The molecule has 1 amide bonds. The van der Waals surface area contributed by atoms with Gasteiger partial charge in [-0.3, -0.25) is 9.59 Å². The summed E-state index contributed by atoms with van der Waals surface area (Å²) in [5, 5.41) is 10.1. The number of esters is 1. The molecule has 2 fully saturated rings. The number of rotatable bonds is 7. The number of nitrogens with zero attached hydrogens (tertiary/aromatic N) is 1. The Kier molecular flexibility index (Phi) is 10.0. The zero-order chi connectivity index (χ0) is 28.2. The van der Waals surface area contributed by atoms with Gasteiger partial charge in [-0.2, -0.15) is 0 Å². The third-order valence-electron chi connectivity index (χ3n) is 7.61. The summed E-state index contributed by atoms with van der Waals surface area (Å²) >= 11 is 1.13. The van der Waals surface area contributed by atoms with Gasteiger partial charge in [0.25, 0.3) is 0 Å². The number of carbonyl (C=O) groups excluding carboxylic acids is 2. The fourth-order valence-corrected chi connectivity index (χ4v) is 6.00. The number of anilines is 1. The highest BCUT2D eigenvalue weighted by atomic mass is 32.1.